The minimum absolute atomic E-state index is 0. The molecule has 0 atom stereocenters. The molecule has 2 N–H and O–H groups in total. The third-order valence-electron chi connectivity index (χ3n) is 6.05. The molecule has 2 amide bonds. The summed E-state index contributed by atoms with van der Waals surface area (Å²) >= 11 is 0. The number of nitrogens with one attached hydrogen (secondary N) is 2. The van der Waals surface area contributed by atoms with Gasteiger partial charge in [0, 0.05) is 44.4 Å². The number of nitrogens with zero attached hydrogens (tertiary/aromatic N) is 1. The molecule has 198 valence electrons. The van der Waals surface area contributed by atoms with Crippen molar-refractivity contribution in [1.29, 1.82) is 0 Å². The quantitative estimate of drug-likeness (QED) is 0.395. The summed E-state index contributed by atoms with van der Waals surface area (Å²) < 4.78 is 38.7. The number of benzene rings is 3. The molecule has 0 fully saturated rings. The van der Waals surface area contributed by atoms with Crippen molar-refractivity contribution in [1.82, 2.24) is 10.2 Å². The fraction of sp³-hybridized carbons (Fsp3) is 0.259. The molecular weight excluding hydrogens is 526 g/mol. The summed E-state index contributed by atoms with van der Waals surface area (Å²) in [5, 5.41) is 5.74. The van der Waals surface area contributed by atoms with Crippen LogP contribution in [0.4, 0.5) is 18.9 Å². The first kappa shape index (κ1) is 30.2. The smallest absolute Gasteiger partial charge is 0.355 e. The number of carbonyl (C=O) groups excluding carboxylic acids is 2. The number of halogens is 5. The third-order valence-corrected chi connectivity index (χ3v) is 6.05. The zero-order valence-electron chi connectivity index (χ0n) is 20.1. The van der Waals surface area contributed by atoms with Gasteiger partial charge in [-0.25, -0.2) is 0 Å². The first-order valence-electron chi connectivity index (χ1n) is 11.4. The van der Waals surface area contributed by atoms with Crippen LogP contribution in [-0.4, -0.2) is 36.3 Å². The molecule has 4 rings (SSSR count). The van der Waals surface area contributed by atoms with Crippen LogP contribution in [0.15, 0.2) is 66.7 Å². The van der Waals surface area contributed by atoms with Crippen molar-refractivity contribution in [3.8, 4) is 11.1 Å². The molecule has 37 heavy (non-hydrogen) atoms. The van der Waals surface area contributed by atoms with Crippen LogP contribution in [0.25, 0.3) is 11.1 Å². The van der Waals surface area contributed by atoms with Gasteiger partial charge in [-0.15, -0.1) is 24.8 Å². The molecule has 0 unspecified atom stereocenters. The molecule has 10 heteroatoms. The van der Waals surface area contributed by atoms with Crippen molar-refractivity contribution in [2.75, 3.05) is 25.0 Å². The van der Waals surface area contributed by atoms with Crippen LogP contribution in [0.5, 0.6) is 0 Å². The van der Waals surface area contributed by atoms with Crippen molar-refractivity contribution in [3.05, 3.63) is 89.0 Å². The van der Waals surface area contributed by atoms with Crippen LogP contribution in [0.2, 0.25) is 0 Å². The maximum atomic E-state index is 13.1. The summed E-state index contributed by atoms with van der Waals surface area (Å²) in [5.74, 6) is -0.365. The van der Waals surface area contributed by atoms with Gasteiger partial charge in [0.15, 0.2) is 0 Å². The second-order valence-electron chi connectivity index (χ2n) is 8.57. The highest BCUT2D eigenvalue weighted by Gasteiger charge is 2.30. The van der Waals surface area contributed by atoms with Crippen molar-refractivity contribution in [2.45, 2.75) is 26.1 Å². The number of rotatable bonds is 6. The predicted molar refractivity (Wildman–Crippen MR) is 143 cm³/mol. The van der Waals surface area contributed by atoms with Crippen molar-refractivity contribution >= 4 is 42.3 Å². The van der Waals surface area contributed by atoms with E-state index in [9.17, 15) is 22.8 Å². The molecule has 3 aromatic rings. The molecule has 0 aliphatic carbocycles. The number of fused-ring (bicyclic) bond motifs is 1. The number of alkyl halides is 3. The van der Waals surface area contributed by atoms with Gasteiger partial charge >= 0.3 is 6.18 Å². The normalized spacial score (nSPS) is 13.0. The molecule has 0 saturated heterocycles. The van der Waals surface area contributed by atoms with E-state index < -0.39 is 11.7 Å². The Kier molecular flexibility index (Phi) is 10.5. The number of amides is 2. The number of hydrogen-bond donors (Lipinski definition) is 2. The van der Waals surface area contributed by atoms with Crippen LogP contribution in [0, 0.1) is 0 Å². The Morgan fingerprint density at radius 1 is 0.946 bits per heavy atom. The fourth-order valence-corrected chi connectivity index (χ4v) is 4.24. The molecule has 0 bridgehead atoms. The van der Waals surface area contributed by atoms with Gasteiger partial charge < -0.3 is 10.6 Å². The predicted octanol–water partition coefficient (Wildman–Crippen LogP) is 5.96. The van der Waals surface area contributed by atoms with Crippen molar-refractivity contribution in [3.63, 3.8) is 0 Å². The molecule has 0 spiro atoms. The zero-order chi connectivity index (χ0) is 25.0. The minimum atomic E-state index is -4.41. The van der Waals surface area contributed by atoms with Crippen LogP contribution in [0.3, 0.4) is 0 Å². The molecule has 0 radical (unpaired) electrons. The summed E-state index contributed by atoms with van der Waals surface area (Å²) in [6.07, 6.45) is -3.58. The SMILES string of the molecule is CC(=O)NCCN1CCc2cc(NC(=O)c3ccccc3-c3ccc(C(F)(F)F)cc3)ccc2C1.Cl.Cl. The van der Waals surface area contributed by atoms with Crippen LogP contribution >= 0.6 is 24.8 Å². The van der Waals surface area contributed by atoms with Gasteiger partial charge in [-0.1, -0.05) is 36.4 Å². The zero-order valence-corrected chi connectivity index (χ0v) is 21.7. The fourth-order valence-electron chi connectivity index (χ4n) is 4.24. The van der Waals surface area contributed by atoms with E-state index in [0.29, 0.717) is 28.9 Å². The van der Waals surface area contributed by atoms with Gasteiger partial charge in [-0.3, -0.25) is 14.5 Å². The second-order valence-corrected chi connectivity index (χ2v) is 8.57. The van der Waals surface area contributed by atoms with Crippen LogP contribution < -0.4 is 10.6 Å². The highest BCUT2D eigenvalue weighted by molar-refractivity contribution is 6.08. The van der Waals surface area contributed by atoms with E-state index in [4.69, 9.17) is 0 Å². The van der Waals surface area contributed by atoms with Gasteiger partial charge in [-0.05, 0) is 59.0 Å². The third kappa shape index (κ3) is 7.71. The Morgan fingerprint density at radius 3 is 2.32 bits per heavy atom. The second kappa shape index (κ2) is 12.9. The molecule has 0 saturated carbocycles. The summed E-state index contributed by atoms with van der Waals surface area (Å²) in [4.78, 5) is 26.4. The van der Waals surface area contributed by atoms with E-state index in [-0.39, 0.29) is 36.6 Å². The first-order valence-corrected chi connectivity index (χ1v) is 11.4. The topological polar surface area (TPSA) is 61.4 Å². The van der Waals surface area contributed by atoms with Gasteiger partial charge in [0.1, 0.15) is 0 Å². The number of carbonyl (C=O) groups is 2. The van der Waals surface area contributed by atoms with E-state index in [1.807, 2.05) is 18.2 Å². The molecule has 3 aromatic carbocycles. The van der Waals surface area contributed by atoms with Gasteiger partial charge in [0.2, 0.25) is 5.91 Å². The maximum Gasteiger partial charge on any atom is 0.416 e. The molecule has 1 heterocycles. The van der Waals surface area contributed by atoms with Gasteiger partial charge in [0.05, 0.1) is 5.56 Å². The Bertz CT molecular complexity index is 1230. The monoisotopic (exact) mass is 553 g/mol. The Labute approximate surface area is 226 Å². The highest BCUT2D eigenvalue weighted by atomic mass is 35.5. The Morgan fingerprint density at radius 2 is 1.65 bits per heavy atom. The summed E-state index contributed by atoms with van der Waals surface area (Å²) in [7, 11) is 0. The maximum absolute atomic E-state index is 13.1. The summed E-state index contributed by atoms with van der Waals surface area (Å²) in [6.45, 7) is 4.53. The lowest BCUT2D eigenvalue weighted by molar-refractivity contribution is -0.137. The van der Waals surface area contributed by atoms with Crippen LogP contribution in [0.1, 0.15) is 34.0 Å². The van der Waals surface area contributed by atoms with Gasteiger partial charge in [0.25, 0.3) is 5.91 Å². The summed E-state index contributed by atoms with van der Waals surface area (Å²) in [6, 6.07) is 17.5. The standard InChI is InChI=1S/C27H26F3N3O2.2ClH/c1-18(34)31-13-15-33-14-12-20-16-23(11-8-21(20)17-33)32-26(35)25-5-3-2-4-24(25)19-6-9-22(10-7-19)27(28,29)30;;/h2-11,16H,12-15,17H2,1H3,(H,31,34)(H,32,35);2*1H. The molecule has 5 nitrogen and oxygen atoms in total. The minimum Gasteiger partial charge on any atom is -0.355 e. The Hall–Kier alpha value is -3.07. The molecule has 0 aromatic heterocycles. The molecule has 1 aliphatic rings. The number of anilines is 1. The largest absolute Gasteiger partial charge is 0.416 e. The van der Waals surface area contributed by atoms with Crippen molar-refractivity contribution in [2.24, 2.45) is 0 Å². The van der Waals surface area contributed by atoms with Gasteiger partial charge in [-0.2, -0.15) is 13.2 Å². The van der Waals surface area contributed by atoms with E-state index in [0.717, 1.165) is 43.8 Å². The van der Waals surface area contributed by atoms with E-state index in [1.54, 1.807) is 24.3 Å². The molecule has 1 aliphatic heterocycles. The highest BCUT2D eigenvalue weighted by Crippen LogP contribution is 2.32. The van der Waals surface area contributed by atoms with E-state index in [2.05, 4.69) is 15.5 Å². The average molecular weight is 554 g/mol. The lowest BCUT2D eigenvalue weighted by atomic mass is 9.97. The Balaban J connectivity index is 0.00000241. The van der Waals surface area contributed by atoms with E-state index in [1.165, 1.54) is 24.6 Å². The molecular formula is C27H28Cl2F3N3O2. The summed E-state index contributed by atoms with van der Waals surface area (Å²) in [5.41, 5.74) is 3.76. The number of hydrogen-bond acceptors (Lipinski definition) is 3. The van der Waals surface area contributed by atoms with Crippen molar-refractivity contribution < 1.29 is 22.8 Å². The average Bonchev–Trinajstić information content (AvgIpc) is 2.83. The van der Waals surface area contributed by atoms with E-state index >= 15 is 0 Å². The lowest BCUT2D eigenvalue weighted by Gasteiger charge is -2.29. The van der Waals surface area contributed by atoms with Crippen LogP contribution in [-0.2, 0) is 23.9 Å². The lowest BCUT2D eigenvalue weighted by Crippen LogP contribution is -2.37. The first-order chi connectivity index (χ1) is 16.7.